The third-order valence-electron chi connectivity index (χ3n) is 4.18. The van der Waals surface area contributed by atoms with Gasteiger partial charge in [0.2, 0.25) is 5.91 Å². The zero-order valence-corrected chi connectivity index (χ0v) is 10.4. The molecule has 1 atom stereocenters. The maximum atomic E-state index is 12.1. The van der Waals surface area contributed by atoms with Crippen LogP contribution < -0.4 is 5.73 Å². The lowest BCUT2D eigenvalue weighted by molar-refractivity contribution is -0.169. The Hall–Kier alpha value is -0.610. The van der Waals surface area contributed by atoms with Crippen LogP contribution >= 0.6 is 0 Å². The summed E-state index contributed by atoms with van der Waals surface area (Å²) in [6, 6.07) is 0. The summed E-state index contributed by atoms with van der Waals surface area (Å²) in [5.74, 6) is 0.523. The summed E-state index contributed by atoms with van der Waals surface area (Å²) < 4.78 is 0. The topological polar surface area (TPSA) is 66.6 Å². The number of amides is 1. The van der Waals surface area contributed by atoms with Crippen molar-refractivity contribution in [2.24, 2.45) is 17.6 Å². The Bertz CT molecular complexity index is 302. The Morgan fingerprint density at radius 2 is 2.00 bits per heavy atom. The molecule has 1 unspecified atom stereocenters. The molecule has 1 saturated heterocycles. The van der Waals surface area contributed by atoms with Crippen molar-refractivity contribution in [3.63, 3.8) is 0 Å². The van der Waals surface area contributed by atoms with E-state index in [4.69, 9.17) is 5.73 Å². The first-order chi connectivity index (χ1) is 7.27. The van der Waals surface area contributed by atoms with Gasteiger partial charge in [-0.3, -0.25) is 4.79 Å². The number of hydrogen-bond donors (Lipinski definition) is 2. The quantitative estimate of drug-likeness (QED) is 0.729. The van der Waals surface area contributed by atoms with Crippen LogP contribution in [0.1, 0.15) is 33.6 Å². The second-order valence-corrected chi connectivity index (χ2v) is 5.98. The van der Waals surface area contributed by atoms with Crippen LogP contribution in [0.4, 0.5) is 0 Å². The minimum absolute atomic E-state index is 0.000301. The molecule has 0 aromatic heterocycles. The van der Waals surface area contributed by atoms with Gasteiger partial charge in [-0.15, -0.1) is 0 Å². The number of rotatable bonds is 3. The molecule has 1 amide bonds. The average Bonchev–Trinajstić information content (AvgIpc) is 2.94. The lowest BCUT2D eigenvalue weighted by Crippen LogP contribution is -2.70. The van der Waals surface area contributed by atoms with Gasteiger partial charge in [-0.25, -0.2) is 0 Å². The Morgan fingerprint density at radius 1 is 1.50 bits per heavy atom. The zero-order chi connectivity index (χ0) is 12.1. The third kappa shape index (κ3) is 1.74. The van der Waals surface area contributed by atoms with Crippen molar-refractivity contribution in [3.8, 4) is 0 Å². The van der Waals surface area contributed by atoms with E-state index in [1.807, 2.05) is 20.8 Å². The normalized spacial score (nSPS) is 27.5. The summed E-state index contributed by atoms with van der Waals surface area (Å²) in [5.41, 5.74) is 4.64. The summed E-state index contributed by atoms with van der Waals surface area (Å²) in [5, 5.41) is 10.1. The van der Waals surface area contributed by atoms with Crippen molar-refractivity contribution in [2.75, 3.05) is 13.1 Å². The van der Waals surface area contributed by atoms with E-state index in [1.54, 1.807) is 4.90 Å². The van der Waals surface area contributed by atoms with Crippen LogP contribution in [0.25, 0.3) is 0 Å². The molecule has 0 aromatic rings. The molecule has 16 heavy (non-hydrogen) atoms. The van der Waals surface area contributed by atoms with Crippen molar-refractivity contribution in [1.29, 1.82) is 0 Å². The van der Waals surface area contributed by atoms with E-state index < -0.39 is 11.1 Å². The molecule has 1 saturated carbocycles. The molecule has 0 aromatic carbocycles. The molecule has 1 aliphatic carbocycles. The largest absolute Gasteiger partial charge is 0.386 e. The van der Waals surface area contributed by atoms with Gasteiger partial charge < -0.3 is 15.7 Å². The van der Waals surface area contributed by atoms with Crippen molar-refractivity contribution in [2.45, 2.75) is 44.8 Å². The molecule has 0 bridgehead atoms. The van der Waals surface area contributed by atoms with E-state index in [-0.39, 0.29) is 11.8 Å². The predicted octanol–water partition coefficient (Wildman–Crippen LogP) is 0.343. The summed E-state index contributed by atoms with van der Waals surface area (Å²) in [7, 11) is 0. The first-order valence-electron chi connectivity index (χ1n) is 6.08. The van der Waals surface area contributed by atoms with E-state index in [0.717, 1.165) is 12.8 Å². The van der Waals surface area contributed by atoms with Gasteiger partial charge >= 0.3 is 0 Å². The molecule has 92 valence electrons. The lowest BCUT2D eigenvalue weighted by atomic mass is 9.81. The summed E-state index contributed by atoms with van der Waals surface area (Å²) in [6.45, 7) is 6.64. The van der Waals surface area contributed by atoms with Gasteiger partial charge in [-0.05, 0) is 31.6 Å². The highest BCUT2D eigenvalue weighted by molar-refractivity contribution is 5.87. The van der Waals surface area contributed by atoms with Crippen molar-refractivity contribution in [3.05, 3.63) is 0 Å². The molecule has 4 heteroatoms. The van der Waals surface area contributed by atoms with Crippen LogP contribution in [0.2, 0.25) is 0 Å². The molecule has 2 aliphatic rings. The highest BCUT2D eigenvalue weighted by atomic mass is 16.3. The maximum Gasteiger partial charge on any atom is 0.242 e. The number of aliphatic hydroxyl groups is 1. The molecule has 2 fully saturated rings. The van der Waals surface area contributed by atoms with Gasteiger partial charge in [-0.2, -0.15) is 0 Å². The number of nitrogens with zero attached hydrogens (tertiary/aromatic N) is 1. The van der Waals surface area contributed by atoms with Crippen LogP contribution in [-0.4, -0.2) is 40.1 Å². The number of nitrogens with two attached hydrogens (primary N) is 1. The first-order valence-corrected chi connectivity index (χ1v) is 6.08. The standard InChI is InChI=1S/C12H22N2O2/c1-8(2)12(16)6-14(7-12)10(15)11(3,13)9-4-5-9/h8-9,16H,4-7,13H2,1-3H3. The van der Waals surface area contributed by atoms with Crippen LogP contribution in [-0.2, 0) is 4.79 Å². The number of likely N-dealkylation sites (tertiary alicyclic amines) is 1. The summed E-state index contributed by atoms with van der Waals surface area (Å²) in [4.78, 5) is 13.8. The van der Waals surface area contributed by atoms with Gasteiger partial charge in [-0.1, -0.05) is 13.8 Å². The van der Waals surface area contributed by atoms with Crippen LogP contribution in [0.15, 0.2) is 0 Å². The molecule has 0 spiro atoms. The van der Waals surface area contributed by atoms with E-state index in [1.165, 1.54) is 0 Å². The molecule has 1 heterocycles. The molecule has 2 rings (SSSR count). The molecular formula is C12H22N2O2. The fraction of sp³-hybridized carbons (Fsp3) is 0.917. The minimum Gasteiger partial charge on any atom is -0.386 e. The fourth-order valence-electron chi connectivity index (χ4n) is 2.32. The zero-order valence-electron chi connectivity index (χ0n) is 10.4. The molecular weight excluding hydrogens is 204 g/mol. The number of hydrogen-bond acceptors (Lipinski definition) is 3. The van der Waals surface area contributed by atoms with E-state index in [2.05, 4.69) is 0 Å². The maximum absolute atomic E-state index is 12.1. The summed E-state index contributed by atoms with van der Waals surface area (Å²) >= 11 is 0. The average molecular weight is 226 g/mol. The van der Waals surface area contributed by atoms with E-state index >= 15 is 0 Å². The number of β-amino-alcohol motifs (C(OH)–C–C–N with tert-alkyl or cyclic N) is 1. The molecule has 0 radical (unpaired) electrons. The Morgan fingerprint density at radius 3 is 2.38 bits per heavy atom. The monoisotopic (exact) mass is 226 g/mol. The van der Waals surface area contributed by atoms with Gasteiger partial charge in [0.1, 0.15) is 5.60 Å². The smallest absolute Gasteiger partial charge is 0.242 e. The third-order valence-corrected chi connectivity index (χ3v) is 4.18. The Kier molecular flexibility index (Phi) is 2.55. The fourth-order valence-corrected chi connectivity index (χ4v) is 2.32. The van der Waals surface area contributed by atoms with Crippen molar-refractivity contribution in [1.82, 2.24) is 4.90 Å². The van der Waals surface area contributed by atoms with Gasteiger partial charge in [0.25, 0.3) is 0 Å². The highest BCUT2D eigenvalue weighted by Crippen LogP contribution is 2.40. The van der Waals surface area contributed by atoms with E-state index in [9.17, 15) is 9.90 Å². The minimum atomic E-state index is -0.724. The molecule has 4 nitrogen and oxygen atoms in total. The number of carbonyl (C=O) groups excluding carboxylic acids is 1. The Balaban J connectivity index is 1.94. The van der Waals surface area contributed by atoms with E-state index in [0.29, 0.717) is 19.0 Å². The summed E-state index contributed by atoms with van der Waals surface area (Å²) in [6.07, 6.45) is 2.11. The second-order valence-electron chi connectivity index (χ2n) is 5.98. The van der Waals surface area contributed by atoms with Gasteiger partial charge in [0, 0.05) is 0 Å². The lowest BCUT2D eigenvalue weighted by Gasteiger charge is -2.51. The van der Waals surface area contributed by atoms with Gasteiger partial charge in [0.15, 0.2) is 0 Å². The van der Waals surface area contributed by atoms with Crippen LogP contribution in [0.5, 0.6) is 0 Å². The van der Waals surface area contributed by atoms with Crippen molar-refractivity contribution >= 4 is 5.91 Å². The Labute approximate surface area is 96.8 Å². The van der Waals surface area contributed by atoms with Gasteiger partial charge in [0.05, 0.1) is 18.6 Å². The first kappa shape index (κ1) is 11.9. The predicted molar refractivity (Wildman–Crippen MR) is 61.7 cm³/mol. The molecule has 1 aliphatic heterocycles. The van der Waals surface area contributed by atoms with Crippen LogP contribution in [0, 0.1) is 11.8 Å². The number of carbonyl (C=O) groups is 1. The molecule has 3 N–H and O–H groups in total. The SMILES string of the molecule is CC(C)C1(O)CN(C(=O)C(C)(N)C2CC2)C1. The van der Waals surface area contributed by atoms with Crippen LogP contribution in [0.3, 0.4) is 0 Å². The highest BCUT2D eigenvalue weighted by Gasteiger charge is 2.52. The second kappa shape index (κ2) is 3.44. The van der Waals surface area contributed by atoms with Crippen molar-refractivity contribution < 1.29 is 9.90 Å².